The van der Waals surface area contributed by atoms with Gasteiger partial charge in [0.05, 0.1) is 7.11 Å². The summed E-state index contributed by atoms with van der Waals surface area (Å²) in [5.41, 5.74) is 0. The van der Waals surface area contributed by atoms with Crippen LogP contribution in [0.5, 0.6) is 0 Å². The molecule has 0 spiro atoms. The highest BCUT2D eigenvalue weighted by Gasteiger charge is 2.09. The van der Waals surface area contributed by atoms with E-state index in [2.05, 4.69) is 11.4 Å². The van der Waals surface area contributed by atoms with Gasteiger partial charge in [-0.15, -0.1) is 0 Å². The zero-order valence-electron chi connectivity index (χ0n) is 5.42. The van der Waals surface area contributed by atoms with E-state index >= 15 is 0 Å². The second-order valence-corrected chi connectivity index (χ2v) is 1.43. The maximum atomic E-state index is 10.5. The van der Waals surface area contributed by atoms with E-state index in [-0.39, 0.29) is 0 Å². The lowest BCUT2D eigenvalue weighted by atomic mass is 10.5. The molecule has 0 heterocycles. The minimum atomic E-state index is -0.641. The Morgan fingerprint density at radius 2 is 2.22 bits per heavy atom. The van der Waals surface area contributed by atoms with E-state index in [4.69, 9.17) is 5.11 Å². The molecule has 0 fully saturated rings. The van der Waals surface area contributed by atoms with Crippen LogP contribution < -0.4 is 0 Å². The molecular weight excluding hydrogens is 122 g/mol. The van der Waals surface area contributed by atoms with Crippen molar-refractivity contribution in [1.82, 2.24) is 5.06 Å². The average Bonchev–Trinajstić information content (AvgIpc) is 1.84. The normalized spacial score (nSPS) is 8.67. The molecule has 0 radical (unpaired) electrons. The number of carbonyl (C=O) groups is 1. The third-order valence-electron chi connectivity index (χ3n) is 0.807. The second-order valence-electron chi connectivity index (χ2n) is 1.43. The lowest BCUT2D eigenvalue weighted by molar-refractivity contribution is -0.166. The first-order valence-corrected chi connectivity index (χ1v) is 2.29. The van der Waals surface area contributed by atoms with Gasteiger partial charge in [-0.25, -0.2) is 5.06 Å². The van der Waals surface area contributed by atoms with Crippen molar-refractivity contribution >= 4 is 5.91 Å². The average molecular weight is 131 g/mol. The SMILES string of the molecule is C=C(O)C(=O)N(C)OC. The molecule has 9 heavy (non-hydrogen) atoms. The fourth-order valence-corrected chi connectivity index (χ4v) is 0.265. The molecule has 0 rings (SSSR count). The van der Waals surface area contributed by atoms with Crippen LogP contribution in [0.2, 0.25) is 0 Å². The smallest absolute Gasteiger partial charge is 0.311 e. The van der Waals surface area contributed by atoms with Gasteiger partial charge in [-0.1, -0.05) is 6.58 Å². The Morgan fingerprint density at radius 1 is 1.78 bits per heavy atom. The first-order chi connectivity index (χ1) is 4.09. The molecule has 52 valence electrons. The van der Waals surface area contributed by atoms with Gasteiger partial charge in [-0.2, -0.15) is 0 Å². The van der Waals surface area contributed by atoms with Gasteiger partial charge in [-0.05, 0) is 0 Å². The molecular formula is C5H9NO3. The summed E-state index contributed by atoms with van der Waals surface area (Å²) in [5, 5.41) is 9.33. The monoisotopic (exact) mass is 131 g/mol. The molecule has 0 aliphatic heterocycles. The molecule has 4 heteroatoms. The fourth-order valence-electron chi connectivity index (χ4n) is 0.265. The van der Waals surface area contributed by atoms with Crippen LogP contribution in [0.25, 0.3) is 0 Å². The van der Waals surface area contributed by atoms with Gasteiger partial charge < -0.3 is 5.11 Å². The maximum absolute atomic E-state index is 10.5. The Morgan fingerprint density at radius 3 is 2.33 bits per heavy atom. The zero-order chi connectivity index (χ0) is 7.44. The van der Waals surface area contributed by atoms with E-state index < -0.39 is 11.7 Å². The maximum Gasteiger partial charge on any atom is 0.311 e. The van der Waals surface area contributed by atoms with E-state index in [1.807, 2.05) is 0 Å². The van der Waals surface area contributed by atoms with Crippen LogP contribution in [0.4, 0.5) is 0 Å². The number of hydrogen-bond donors (Lipinski definition) is 1. The summed E-state index contributed by atoms with van der Waals surface area (Å²) in [4.78, 5) is 15.0. The minimum Gasteiger partial charge on any atom is -0.503 e. The number of likely N-dealkylation sites (N-methyl/N-ethyl adjacent to an activating group) is 1. The summed E-state index contributed by atoms with van der Waals surface area (Å²) >= 11 is 0. The molecule has 0 aromatic carbocycles. The van der Waals surface area contributed by atoms with E-state index in [9.17, 15) is 4.79 Å². The van der Waals surface area contributed by atoms with E-state index in [0.29, 0.717) is 0 Å². The van der Waals surface area contributed by atoms with Gasteiger partial charge in [0.1, 0.15) is 0 Å². The molecule has 0 aromatic rings. The largest absolute Gasteiger partial charge is 0.503 e. The number of nitrogens with zero attached hydrogens (tertiary/aromatic N) is 1. The van der Waals surface area contributed by atoms with Gasteiger partial charge in [0.2, 0.25) is 0 Å². The molecule has 1 amide bonds. The van der Waals surface area contributed by atoms with Crippen LogP contribution in [0.3, 0.4) is 0 Å². The minimum absolute atomic E-state index is 0.528. The molecule has 0 saturated heterocycles. The summed E-state index contributed by atoms with van der Waals surface area (Å²) in [5.74, 6) is -1.17. The van der Waals surface area contributed by atoms with Gasteiger partial charge in [-0.3, -0.25) is 9.63 Å². The Bertz CT molecular complexity index is 132. The first-order valence-electron chi connectivity index (χ1n) is 2.29. The molecule has 0 saturated carbocycles. The van der Waals surface area contributed by atoms with Crippen LogP contribution in [-0.4, -0.2) is 30.2 Å². The zero-order valence-corrected chi connectivity index (χ0v) is 5.42. The van der Waals surface area contributed by atoms with Gasteiger partial charge >= 0.3 is 5.91 Å². The number of hydroxylamine groups is 2. The lowest BCUT2D eigenvalue weighted by Crippen LogP contribution is -2.26. The third kappa shape index (κ3) is 2.14. The summed E-state index contributed by atoms with van der Waals surface area (Å²) in [6.45, 7) is 3.01. The lowest BCUT2D eigenvalue weighted by Gasteiger charge is -2.11. The summed E-state index contributed by atoms with van der Waals surface area (Å²) in [6.07, 6.45) is 0. The number of amides is 1. The highest BCUT2D eigenvalue weighted by Crippen LogP contribution is 1.90. The Hall–Kier alpha value is -1.03. The summed E-state index contributed by atoms with van der Waals surface area (Å²) in [6, 6.07) is 0. The molecule has 1 N–H and O–H groups in total. The van der Waals surface area contributed by atoms with Crippen LogP contribution >= 0.6 is 0 Å². The Labute approximate surface area is 53.3 Å². The number of aliphatic hydroxyl groups is 1. The topological polar surface area (TPSA) is 49.8 Å². The van der Waals surface area contributed by atoms with Crippen LogP contribution in [0, 0.1) is 0 Å². The molecule has 0 aliphatic carbocycles. The van der Waals surface area contributed by atoms with Crippen LogP contribution in [-0.2, 0) is 9.63 Å². The molecule has 0 bridgehead atoms. The van der Waals surface area contributed by atoms with Crippen molar-refractivity contribution in [3.05, 3.63) is 12.3 Å². The van der Waals surface area contributed by atoms with E-state index in [1.54, 1.807) is 0 Å². The summed E-state index contributed by atoms with van der Waals surface area (Å²) < 4.78 is 0. The highest BCUT2D eigenvalue weighted by molar-refractivity contribution is 5.89. The van der Waals surface area contributed by atoms with Crippen molar-refractivity contribution in [2.24, 2.45) is 0 Å². The highest BCUT2D eigenvalue weighted by atomic mass is 16.7. The standard InChI is InChI=1S/C5H9NO3/c1-4(7)5(8)6(2)9-3/h7H,1H2,2-3H3. The van der Waals surface area contributed by atoms with Crippen LogP contribution in [0.1, 0.15) is 0 Å². The number of aliphatic hydroxyl groups excluding tert-OH is 1. The quantitative estimate of drug-likeness (QED) is 0.328. The van der Waals surface area contributed by atoms with Crippen molar-refractivity contribution in [2.45, 2.75) is 0 Å². The predicted octanol–water partition coefficient (Wildman–Crippen LogP) is 0.0779. The van der Waals surface area contributed by atoms with Gasteiger partial charge in [0.15, 0.2) is 5.76 Å². The predicted molar refractivity (Wildman–Crippen MR) is 31.5 cm³/mol. The third-order valence-corrected chi connectivity index (χ3v) is 0.807. The molecule has 0 unspecified atom stereocenters. The molecule has 4 nitrogen and oxygen atoms in total. The number of carbonyl (C=O) groups excluding carboxylic acids is 1. The van der Waals surface area contributed by atoms with Crippen molar-refractivity contribution in [1.29, 1.82) is 0 Å². The second kappa shape index (κ2) is 3.09. The molecule has 0 aliphatic rings. The Kier molecular flexibility index (Phi) is 2.73. The molecule has 0 atom stereocenters. The fraction of sp³-hybridized carbons (Fsp3) is 0.400. The van der Waals surface area contributed by atoms with Crippen molar-refractivity contribution in [3.8, 4) is 0 Å². The first kappa shape index (κ1) is 7.97. The van der Waals surface area contributed by atoms with Gasteiger partial charge in [0, 0.05) is 7.05 Å². The summed E-state index contributed by atoms with van der Waals surface area (Å²) in [7, 11) is 2.70. The van der Waals surface area contributed by atoms with Crippen molar-refractivity contribution in [3.63, 3.8) is 0 Å². The molecule has 0 aromatic heterocycles. The Balaban J connectivity index is 3.88. The number of rotatable bonds is 2. The number of hydrogen-bond acceptors (Lipinski definition) is 3. The van der Waals surface area contributed by atoms with Crippen molar-refractivity contribution < 1.29 is 14.7 Å². The van der Waals surface area contributed by atoms with Crippen molar-refractivity contribution in [2.75, 3.05) is 14.2 Å². The van der Waals surface area contributed by atoms with E-state index in [0.717, 1.165) is 5.06 Å². The van der Waals surface area contributed by atoms with E-state index in [1.165, 1.54) is 14.2 Å². The van der Waals surface area contributed by atoms with Gasteiger partial charge in [0.25, 0.3) is 0 Å². The van der Waals surface area contributed by atoms with Crippen LogP contribution in [0.15, 0.2) is 12.3 Å².